The van der Waals surface area contributed by atoms with Gasteiger partial charge in [-0.2, -0.15) is 0 Å². The van der Waals surface area contributed by atoms with Gasteiger partial charge in [-0.1, -0.05) is 0 Å². The van der Waals surface area contributed by atoms with E-state index in [0.717, 1.165) is 6.07 Å². The zero-order chi connectivity index (χ0) is 20.3. The lowest BCUT2D eigenvalue weighted by Gasteiger charge is -2.17. The fourth-order valence-corrected chi connectivity index (χ4v) is 3.11. The molecule has 146 valence electrons. The highest BCUT2D eigenvalue weighted by molar-refractivity contribution is 6.15. The Hall–Kier alpha value is -3.33. The maximum atomic E-state index is 14.4. The van der Waals surface area contributed by atoms with Crippen LogP contribution in [-0.4, -0.2) is 53.2 Å². The third-order valence-electron chi connectivity index (χ3n) is 4.56. The van der Waals surface area contributed by atoms with Crippen molar-refractivity contribution in [2.75, 3.05) is 30.8 Å². The molecule has 1 saturated heterocycles. The molecule has 6 N–H and O–H groups in total. The molecule has 0 aliphatic carbocycles. The van der Waals surface area contributed by atoms with Gasteiger partial charge in [0.25, 0.3) is 0 Å². The van der Waals surface area contributed by atoms with Crippen molar-refractivity contribution in [2.24, 2.45) is 10.7 Å². The number of nitrogens with one attached hydrogen (secondary N) is 1. The first-order chi connectivity index (χ1) is 13.4. The number of aromatic nitrogens is 2. The minimum Gasteiger partial charge on any atom is -0.404 e. The van der Waals surface area contributed by atoms with Crippen LogP contribution in [0.4, 0.5) is 15.9 Å². The number of allylic oxidation sites excluding steroid dienone is 1. The minimum absolute atomic E-state index is 0.0342. The fraction of sp³-hybridized carbons (Fsp3) is 0.263. The number of aliphatic hydroxyl groups excluding tert-OH is 1. The summed E-state index contributed by atoms with van der Waals surface area (Å²) in [5.74, 6) is 0.0629. The average Bonchev–Trinajstić information content (AvgIpc) is 3.13. The van der Waals surface area contributed by atoms with E-state index in [1.165, 1.54) is 24.8 Å². The number of hydrogen-bond donors (Lipinski definition) is 4. The number of benzene rings is 1. The van der Waals surface area contributed by atoms with Crippen LogP contribution >= 0.6 is 0 Å². The highest BCUT2D eigenvalue weighted by atomic mass is 19.1. The van der Waals surface area contributed by atoms with Gasteiger partial charge in [0.2, 0.25) is 0 Å². The van der Waals surface area contributed by atoms with Crippen LogP contribution in [0, 0.1) is 11.2 Å². The summed E-state index contributed by atoms with van der Waals surface area (Å²) >= 11 is 0. The first kappa shape index (κ1) is 19.4. The summed E-state index contributed by atoms with van der Waals surface area (Å²) in [6, 6.07) is 4.29. The van der Waals surface area contributed by atoms with E-state index in [2.05, 4.69) is 15.0 Å². The van der Waals surface area contributed by atoms with Crippen LogP contribution < -0.4 is 16.4 Å². The van der Waals surface area contributed by atoms with E-state index < -0.39 is 11.9 Å². The molecule has 8 nitrogen and oxygen atoms in total. The molecule has 0 unspecified atom stereocenters. The van der Waals surface area contributed by atoms with Crippen molar-refractivity contribution in [3.63, 3.8) is 0 Å². The van der Waals surface area contributed by atoms with Crippen LogP contribution in [0.3, 0.4) is 0 Å². The number of hydrogen-bond acceptors (Lipinski definition) is 8. The van der Waals surface area contributed by atoms with Crippen LogP contribution in [0.2, 0.25) is 0 Å². The second-order valence-electron chi connectivity index (χ2n) is 6.45. The first-order valence-electron chi connectivity index (χ1n) is 8.72. The Morgan fingerprint density at radius 3 is 2.79 bits per heavy atom. The quantitative estimate of drug-likeness (QED) is 0.452. The molecule has 1 aliphatic heterocycles. The van der Waals surface area contributed by atoms with Gasteiger partial charge in [-0.15, -0.1) is 0 Å². The van der Waals surface area contributed by atoms with E-state index in [1.54, 1.807) is 13.1 Å². The monoisotopic (exact) mass is 383 g/mol. The van der Waals surface area contributed by atoms with Gasteiger partial charge in [-0.25, -0.2) is 14.4 Å². The summed E-state index contributed by atoms with van der Waals surface area (Å²) < 4.78 is 14.4. The first-order valence-corrected chi connectivity index (χ1v) is 8.72. The molecule has 28 heavy (non-hydrogen) atoms. The number of nitrogens with zero attached hydrogens (tertiary/aromatic N) is 4. The molecule has 0 radical (unpaired) electrons. The second-order valence-corrected chi connectivity index (χ2v) is 6.45. The molecular weight excluding hydrogens is 361 g/mol. The molecule has 2 aromatic rings. The van der Waals surface area contributed by atoms with Crippen LogP contribution in [0.15, 0.2) is 35.7 Å². The SMILES string of the molecule is CN=CC(=CN)c1cc(C(=N)c2cc(N3CC[C@H](O)C3)ncn2)c(N)cc1F. The molecule has 0 amide bonds. The lowest BCUT2D eigenvalue weighted by molar-refractivity contribution is 0.198. The Bertz CT molecular complexity index is 957. The van der Waals surface area contributed by atoms with Gasteiger partial charge in [0.1, 0.15) is 18.0 Å². The highest BCUT2D eigenvalue weighted by Crippen LogP contribution is 2.26. The van der Waals surface area contributed by atoms with Gasteiger partial charge < -0.3 is 21.5 Å². The van der Waals surface area contributed by atoms with Crippen LogP contribution in [-0.2, 0) is 0 Å². The van der Waals surface area contributed by atoms with Crippen LogP contribution in [0.5, 0.6) is 0 Å². The Kier molecular flexibility index (Phi) is 5.65. The second kappa shape index (κ2) is 8.13. The zero-order valence-corrected chi connectivity index (χ0v) is 15.4. The third kappa shape index (κ3) is 3.84. The summed E-state index contributed by atoms with van der Waals surface area (Å²) in [5.41, 5.74) is 13.0. The summed E-state index contributed by atoms with van der Waals surface area (Å²) in [4.78, 5) is 14.2. The number of anilines is 2. The van der Waals surface area contributed by atoms with E-state index in [1.807, 2.05) is 4.90 Å². The van der Waals surface area contributed by atoms with Crippen LogP contribution in [0.25, 0.3) is 5.57 Å². The lowest BCUT2D eigenvalue weighted by Crippen LogP contribution is -2.23. The van der Waals surface area contributed by atoms with E-state index >= 15 is 0 Å². The predicted molar refractivity (Wildman–Crippen MR) is 108 cm³/mol. The molecule has 1 fully saturated rings. The number of rotatable bonds is 5. The largest absolute Gasteiger partial charge is 0.404 e. The predicted octanol–water partition coefficient (Wildman–Crippen LogP) is 1.19. The maximum Gasteiger partial charge on any atom is 0.133 e. The van der Waals surface area contributed by atoms with Crippen molar-refractivity contribution in [1.82, 2.24) is 9.97 Å². The van der Waals surface area contributed by atoms with Crippen molar-refractivity contribution >= 4 is 29.0 Å². The zero-order valence-electron chi connectivity index (χ0n) is 15.4. The van der Waals surface area contributed by atoms with Crippen molar-refractivity contribution in [3.05, 3.63) is 53.4 Å². The van der Waals surface area contributed by atoms with Crippen molar-refractivity contribution in [3.8, 4) is 0 Å². The third-order valence-corrected chi connectivity index (χ3v) is 4.56. The molecular formula is C19H22FN7O. The standard InChI is InChI=1S/C19H22FN7O/c1-24-8-11(7-21)13-4-14(16(22)5-15(13)20)19(23)17-6-18(26-10-25-17)27-3-2-12(28)9-27/h4-8,10,12,23,28H,2-3,9,21-22H2,1H3/t12-/m0/s1. The van der Waals surface area contributed by atoms with Gasteiger partial charge in [-0.3, -0.25) is 10.4 Å². The molecule has 1 aromatic carbocycles. The Morgan fingerprint density at radius 1 is 1.36 bits per heavy atom. The van der Waals surface area contributed by atoms with Crippen molar-refractivity contribution < 1.29 is 9.50 Å². The Labute approximate surface area is 161 Å². The van der Waals surface area contributed by atoms with Crippen molar-refractivity contribution in [1.29, 1.82) is 5.41 Å². The molecule has 2 heterocycles. The molecule has 1 atom stereocenters. The van der Waals surface area contributed by atoms with Gasteiger partial charge >= 0.3 is 0 Å². The van der Waals surface area contributed by atoms with Crippen LogP contribution in [0.1, 0.15) is 23.2 Å². The van der Waals surface area contributed by atoms with Crippen molar-refractivity contribution in [2.45, 2.75) is 12.5 Å². The lowest BCUT2D eigenvalue weighted by atomic mass is 9.98. The van der Waals surface area contributed by atoms with Gasteiger partial charge in [-0.05, 0) is 18.6 Å². The Balaban J connectivity index is 1.99. The maximum absolute atomic E-state index is 14.4. The molecule has 1 aromatic heterocycles. The number of β-amino-alcohol motifs (C(OH)–C–C–N with tert-alkyl or cyclic N) is 1. The van der Waals surface area contributed by atoms with E-state index in [4.69, 9.17) is 16.9 Å². The molecule has 0 saturated carbocycles. The highest BCUT2D eigenvalue weighted by Gasteiger charge is 2.23. The van der Waals surface area contributed by atoms with Gasteiger partial charge in [0, 0.05) is 61.0 Å². The Morgan fingerprint density at radius 2 is 2.14 bits per heavy atom. The molecule has 9 heteroatoms. The summed E-state index contributed by atoms with van der Waals surface area (Å²) in [6.07, 6.45) is 4.31. The number of halogens is 1. The number of aliphatic hydroxyl groups is 1. The normalized spacial score (nSPS) is 17.5. The average molecular weight is 383 g/mol. The van der Waals surface area contributed by atoms with Gasteiger partial charge in [0.05, 0.1) is 17.5 Å². The summed E-state index contributed by atoms with van der Waals surface area (Å²) in [5, 5.41) is 18.3. The molecule has 1 aliphatic rings. The smallest absolute Gasteiger partial charge is 0.133 e. The van der Waals surface area contributed by atoms with Gasteiger partial charge in [0.15, 0.2) is 0 Å². The topological polar surface area (TPSA) is 138 Å². The minimum atomic E-state index is -0.555. The van der Waals surface area contributed by atoms with E-state index in [0.29, 0.717) is 42.2 Å². The molecule has 3 rings (SSSR count). The molecule has 0 bridgehead atoms. The number of nitrogens with two attached hydrogens (primary N) is 2. The van der Waals surface area contributed by atoms with E-state index in [9.17, 15) is 9.50 Å². The van der Waals surface area contributed by atoms with E-state index in [-0.39, 0.29) is 17.0 Å². The summed E-state index contributed by atoms with van der Waals surface area (Å²) in [6.45, 7) is 1.16. The number of aliphatic imine (C=N–C) groups is 1. The summed E-state index contributed by atoms with van der Waals surface area (Å²) in [7, 11) is 1.55. The number of nitrogen functional groups attached to an aromatic ring is 1. The molecule has 0 spiro atoms. The fourth-order valence-electron chi connectivity index (χ4n) is 3.11.